The van der Waals surface area contributed by atoms with E-state index in [0.29, 0.717) is 12.2 Å². The fraction of sp³-hybridized carbons (Fsp3) is 0.333. The van der Waals surface area contributed by atoms with E-state index in [9.17, 15) is 9.59 Å². The van der Waals surface area contributed by atoms with E-state index in [-0.39, 0.29) is 23.9 Å². The number of amides is 2. The van der Waals surface area contributed by atoms with Crippen molar-refractivity contribution in [3.63, 3.8) is 0 Å². The topological polar surface area (TPSA) is 58.6 Å². The van der Waals surface area contributed by atoms with E-state index in [2.05, 4.69) is 11.4 Å². The zero-order chi connectivity index (χ0) is 22.8. The third kappa shape index (κ3) is 4.15. The van der Waals surface area contributed by atoms with Gasteiger partial charge in [-0.1, -0.05) is 37.1 Å². The maximum Gasteiger partial charge on any atom is 0.254 e. The molecule has 0 spiro atoms. The maximum atomic E-state index is 13.8. The first-order valence-electron chi connectivity index (χ1n) is 11.7. The summed E-state index contributed by atoms with van der Waals surface area (Å²) in [5.41, 5.74) is 2.16. The number of benzene rings is 2. The van der Waals surface area contributed by atoms with Crippen molar-refractivity contribution in [3.05, 3.63) is 82.0 Å². The average Bonchev–Trinajstić information content (AvgIpc) is 3.55. The van der Waals surface area contributed by atoms with Crippen LogP contribution in [0.5, 0.6) is 5.75 Å². The predicted octanol–water partition coefficient (Wildman–Crippen LogP) is 6.01. The van der Waals surface area contributed by atoms with Crippen LogP contribution >= 0.6 is 11.3 Å². The molecule has 1 aromatic heterocycles. The molecule has 1 saturated carbocycles. The van der Waals surface area contributed by atoms with Crippen LogP contribution in [0.2, 0.25) is 0 Å². The molecule has 1 fully saturated rings. The van der Waals surface area contributed by atoms with Crippen LogP contribution < -0.4 is 10.1 Å². The Morgan fingerprint density at radius 3 is 2.52 bits per heavy atom. The van der Waals surface area contributed by atoms with Gasteiger partial charge in [-0.3, -0.25) is 9.59 Å². The summed E-state index contributed by atoms with van der Waals surface area (Å²) in [4.78, 5) is 30.6. The van der Waals surface area contributed by atoms with Gasteiger partial charge >= 0.3 is 0 Å². The Kier molecular flexibility index (Phi) is 6.18. The Morgan fingerprint density at radius 2 is 1.82 bits per heavy atom. The second-order valence-corrected chi connectivity index (χ2v) is 9.60. The van der Waals surface area contributed by atoms with Crippen molar-refractivity contribution in [3.8, 4) is 5.75 Å². The highest BCUT2D eigenvalue weighted by atomic mass is 32.1. The Morgan fingerprint density at radius 1 is 1.06 bits per heavy atom. The molecule has 33 heavy (non-hydrogen) atoms. The zero-order valence-corrected chi connectivity index (χ0v) is 19.5. The highest BCUT2D eigenvalue weighted by Gasteiger charge is 2.47. The number of carbonyl (C=O) groups is 2. The molecule has 2 aliphatic rings. The second kappa shape index (κ2) is 9.40. The highest BCUT2D eigenvalue weighted by molar-refractivity contribution is 7.10. The number of nitrogens with zero attached hydrogens (tertiary/aromatic N) is 1. The van der Waals surface area contributed by atoms with Crippen LogP contribution in [0.1, 0.15) is 65.4 Å². The molecule has 0 saturated heterocycles. The van der Waals surface area contributed by atoms with Crippen LogP contribution in [-0.2, 0) is 4.79 Å². The lowest BCUT2D eigenvalue weighted by Gasteiger charge is -2.44. The summed E-state index contributed by atoms with van der Waals surface area (Å²) in [7, 11) is 0. The third-order valence-electron chi connectivity index (χ3n) is 6.64. The zero-order valence-electron chi connectivity index (χ0n) is 18.7. The van der Waals surface area contributed by atoms with Crippen molar-refractivity contribution in [1.82, 2.24) is 4.90 Å². The molecule has 170 valence electrons. The highest BCUT2D eigenvalue weighted by Crippen LogP contribution is 2.47. The van der Waals surface area contributed by atoms with E-state index >= 15 is 0 Å². The lowest BCUT2D eigenvalue weighted by Crippen LogP contribution is -2.49. The van der Waals surface area contributed by atoms with E-state index in [4.69, 9.17) is 4.74 Å². The number of thiophene rings is 1. The summed E-state index contributed by atoms with van der Waals surface area (Å²) >= 11 is 1.61. The monoisotopic (exact) mass is 460 g/mol. The molecule has 1 aliphatic carbocycles. The minimum atomic E-state index is -0.482. The van der Waals surface area contributed by atoms with Crippen LogP contribution in [0.15, 0.2) is 66.0 Å². The first kappa shape index (κ1) is 21.7. The lowest BCUT2D eigenvalue weighted by molar-refractivity contribution is -0.119. The summed E-state index contributed by atoms with van der Waals surface area (Å²) < 4.78 is 5.52. The number of nitrogens with one attached hydrogen (secondary N) is 1. The summed E-state index contributed by atoms with van der Waals surface area (Å²) in [6, 6.07) is 18.9. The quantitative estimate of drug-likeness (QED) is 0.490. The van der Waals surface area contributed by atoms with Gasteiger partial charge in [-0.2, -0.15) is 0 Å². The standard InChI is InChI=1S/C27H28N2O3S/c1-2-32-20-15-13-18(14-16-20)28-26(30)24-21-10-5-6-11-22(21)27(31)29(19-8-3-4-9-19)25(24)23-12-7-17-33-23/h5-7,10-17,19,24-25H,2-4,8-9H2,1H3,(H,28,30)/t24-,25-/m0/s1. The Bertz CT molecular complexity index is 1120. The average molecular weight is 461 g/mol. The van der Waals surface area contributed by atoms with Gasteiger partial charge in [-0.05, 0) is 67.1 Å². The number of hydrogen-bond donors (Lipinski definition) is 1. The normalized spacial score (nSPS) is 20.5. The summed E-state index contributed by atoms with van der Waals surface area (Å²) in [5, 5.41) is 5.13. The van der Waals surface area contributed by atoms with Crippen LogP contribution in [0, 0.1) is 0 Å². The van der Waals surface area contributed by atoms with E-state index in [1.807, 2.05) is 71.8 Å². The van der Waals surface area contributed by atoms with E-state index in [1.165, 1.54) is 0 Å². The van der Waals surface area contributed by atoms with Crippen LogP contribution in [-0.4, -0.2) is 29.4 Å². The first-order chi connectivity index (χ1) is 16.2. The van der Waals surface area contributed by atoms with Crippen LogP contribution in [0.25, 0.3) is 0 Å². The Labute approximate surface area is 198 Å². The smallest absolute Gasteiger partial charge is 0.254 e. The van der Waals surface area contributed by atoms with Gasteiger partial charge in [0.25, 0.3) is 5.91 Å². The molecule has 5 nitrogen and oxygen atoms in total. The summed E-state index contributed by atoms with van der Waals surface area (Å²) in [6.07, 6.45) is 4.22. The van der Waals surface area contributed by atoms with Gasteiger partial charge in [0.1, 0.15) is 5.75 Å². The van der Waals surface area contributed by atoms with Gasteiger partial charge in [0.05, 0.1) is 18.6 Å². The van der Waals surface area contributed by atoms with Crippen molar-refractivity contribution in [2.24, 2.45) is 0 Å². The van der Waals surface area contributed by atoms with E-state index in [0.717, 1.165) is 47.6 Å². The largest absolute Gasteiger partial charge is 0.494 e. The fourth-order valence-corrected chi connectivity index (χ4v) is 6.06. The molecule has 1 N–H and O–H groups in total. The molecule has 5 rings (SSSR count). The molecule has 2 heterocycles. The van der Waals surface area contributed by atoms with Gasteiger partial charge in [-0.15, -0.1) is 11.3 Å². The van der Waals surface area contributed by atoms with E-state index in [1.54, 1.807) is 11.3 Å². The molecule has 2 atom stereocenters. The number of anilines is 1. The van der Waals surface area contributed by atoms with Crippen molar-refractivity contribution in [1.29, 1.82) is 0 Å². The number of fused-ring (bicyclic) bond motifs is 1. The molecular weight excluding hydrogens is 432 g/mol. The number of hydrogen-bond acceptors (Lipinski definition) is 4. The Balaban J connectivity index is 1.55. The summed E-state index contributed by atoms with van der Waals surface area (Å²) in [5.74, 6) is 0.235. The van der Waals surface area contributed by atoms with Crippen molar-refractivity contribution in [2.45, 2.75) is 50.6 Å². The van der Waals surface area contributed by atoms with Gasteiger partial charge in [0, 0.05) is 22.2 Å². The molecule has 3 aromatic rings. The number of rotatable bonds is 6. The Hall–Kier alpha value is -3.12. The summed E-state index contributed by atoms with van der Waals surface area (Å²) in [6.45, 7) is 2.54. The van der Waals surface area contributed by atoms with Crippen molar-refractivity contribution >= 4 is 28.8 Å². The van der Waals surface area contributed by atoms with Crippen LogP contribution in [0.4, 0.5) is 5.69 Å². The molecule has 2 amide bonds. The third-order valence-corrected chi connectivity index (χ3v) is 7.59. The lowest BCUT2D eigenvalue weighted by atomic mass is 9.80. The van der Waals surface area contributed by atoms with Gasteiger partial charge in [-0.25, -0.2) is 0 Å². The van der Waals surface area contributed by atoms with Gasteiger partial charge < -0.3 is 15.0 Å². The number of ether oxygens (including phenoxy) is 1. The van der Waals surface area contributed by atoms with Crippen molar-refractivity contribution in [2.75, 3.05) is 11.9 Å². The van der Waals surface area contributed by atoms with Crippen molar-refractivity contribution < 1.29 is 14.3 Å². The maximum absolute atomic E-state index is 13.8. The minimum Gasteiger partial charge on any atom is -0.494 e. The molecule has 0 unspecified atom stereocenters. The molecule has 0 radical (unpaired) electrons. The first-order valence-corrected chi connectivity index (χ1v) is 12.5. The molecule has 1 aliphatic heterocycles. The fourth-order valence-electron chi connectivity index (χ4n) is 5.20. The van der Waals surface area contributed by atoms with Gasteiger partial charge in [0.2, 0.25) is 5.91 Å². The molecule has 0 bridgehead atoms. The predicted molar refractivity (Wildman–Crippen MR) is 131 cm³/mol. The molecule has 2 aromatic carbocycles. The van der Waals surface area contributed by atoms with E-state index < -0.39 is 5.92 Å². The SMILES string of the molecule is CCOc1ccc(NC(=O)[C@H]2c3ccccc3C(=O)N(C3CCCC3)[C@H]2c2cccs2)cc1. The molecule has 6 heteroatoms. The van der Waals surface area contributed by atoms with Crippen LogP contribution in [0.3, 0.4) is 0 Å². The number of carbonyl (C=O) groups excluding carboxylic acids is 2. The second-order valence-electron chi connectivity index (χ2n) is 8.62. The van der Waals surface area contributed by atoms with Gasteiger partial charge in [0.15, 0.2) is 0 Å². The molecular formula is C27H28N2O3S. The minimum absolute atomic E-state index is 0.0426.